The minimum atomic E-state index is -0.880. The summed E-state index contributed by atoms with van der Waals surface area (Å²) in [6.07, 6.45) is 1.40. The zero-order valence-electron chi connectivity index (χ0n) is 22.1. The van der Waals surface area contributed by atoms with Gasteiger partial charge in [0.25, 0.3) is 5.91 Å². The molecule has 1 aromatic heterocycles. The number of rotatable bonds is 7. The Morgan fingerprint density at radius 3 is 2.42 bits per heavy atom. The van der Waals surface area contributed by atoms with Crippen LogP contribution in [0.3, 0.4) is 0 Å². The van der Waals surface area contributed by atoms with Crippen molar-refractivity contribution in [1.29, 1.82) is 0 Å². The Morgan fingerprint density at radius 1 is 1.08 bits per heavy atom. The monoisotopic (exact) mass is 534 g/mol. The number of methoxy groups -OCH3 is 1. The number of carbonyl (C=O) groups is 3. The van der Waals surface area contributed by atoms with E-state index < -0.39 is 5.41 Å². The average molecular weight is 535 g/mol. The fraction of sp³-hybridized carbons (Fsp3) is 0.310. The summed E-state index contributed by atoms with van der Waals surface area (Å²) in [4.78, 5) is 44.8. The number of aromatic nitrogens is 1. The van der Waals surface area contributed by atoms with Crippen LogP contribution in [-0.4, -0.2) is 50.0 Å². The van der Waals surface area contributed by atoms with Crippen molar-refractivity contribution in [3.63, 3.8) is 0 Å². The molecule has 2 aromatic carbocycles. The van der Waals surface area contributed by atoms with Crippen LogP contribution in [0.5, 0.6) is 0 Å². The molecule has 0 unspecified atom stereocenters. The Kier molecular flexibility index (Phi) is 7.73. The van der Waals surface area contributed by atoms with Gasteiger partial charge in [-0.1, -0.05) is 49.7 Å². The number of nitrogens with zero attached hydrogens (tertiary/aromatic N) is 2. The fourth-order valence-electron chi connectivity index (χ4n) is 4.94. The minimum absolute atomic E-state index is 0.155. The zero-order valence-corrected chi connectivity index (χ0v) is 22.8. The van der Waals surface area contributed by atoms with E-state index in [0.29, 0.717) is 18.7 Å². The largest absolute Gasteiger partial charge is 0.465 e. The van der Waals surface area contributed by atoms with E-state index in [1.165, 1.54) is 26.4 Å². The van der Waals surface area contributed by atoms with E-state index in [4.69, 9.17) is 16.3 Å². The Balaban J connectivity index is 1.72. The average Bonchev–Trinajstić information content (AvgIpc) is 2.88. The number of anilines is 2. The first-order chi connectivity index (χ1) is 18.1. The topological polar surface area (TPSA) is 101 Å². The highest BCUT2D eigenvalue weighted by Crippen LogP contribution is 2.42. The molecule has 0 radical (unpaired) electrons. The molecular formula is C29H31ClN4O4. The van der Waals surface area contributed by atoms with Crippen molar-refractivity contribution in [2.45, 2.75) is 32.1 Å². The summed E-state index contributed by atoms with van der Waals surface area (Å²) in [5.41, 5.74) is 3.87. The van der Waals surface area contributed by atoms with Gasteiger partial charge in [0.2, 0.25) is 5.91 Å². The molecule has 3 aromatic rings. The second-order valence-electron chi connectivity index (χ2n) is 9.76. The Labute approximate surface area is 227 Å². The van der Waals surface area contributed by atoms with E-state index in [1.807, 2.05) is 43.3 Å². The second kappa shape index (κ2) is 10.8. The van der Waals surface area contributed by atoms with Crippen molar-refractivity contribution < 1.29 is 19.1 Å². The summed E-state index contributed by atoms with van der Waals surface area (Å²) >= 11 is 6.03. The van der Waals surface area contributed by atoms with Crippen molar-refractivity contribution >= 4 is 40.8 Å². The molecular weight excluding hydrogens is 504 g/mol. The normalized spacial score (nSPS) is 14.0. The van der Waals surface area contributed by atoms with Gasteiger partial charge >= 0.3 is 5.97 Å². The lowest BCUT2D eigenvalue weighted by Gasteiger charge is -2.51. The van der Waals surface area contributed by atoms with Crippen molar-refractivity contribution in [3.8, 4) is 0 Å². The summed E-state index contributed by atoms with van der Waals surface area (Å²) in [6, 6.07) is 14.9. The third kappa shape index (κ3) is 4.96. The molecule has 0 bridgehead atoms. The highest BCUT2D eigenvalue weighted by Gasteiger charge is 2.52. The van der Waals surface area contributed by atoms with E-state index in [0.717, 1.165) is 22.4 Å². The molecule has 2 N–H and O–H groups in total. The molecule has 38 heavy (non-hydrogen) atoms. The van der Waals surface area contributed by atoms with Crippen molar-refractivity contribution in [2.75, 3.05) is 37.5 Å². The van der Waals surface area contributed by atoms with Crippen LogP contribution < -0.4 is 15.5 Å². The minimum Gasteiger partial charge on any atom is -0.465 e. The van der Waals surface area contributed by atoms with Crippen LogP contribution in [-0.2, 0) is 14.9 Å². The van der Waals surface area contributed by atoms with Crippen LogP contribution in [0.15, 0.2) is 54.7 Å². The highest BCUT2D eigenvalue weighted by atomic mass is 35.5. The molecule has 1 aliphatic rings. The van der Waals surface area contributed by atoms with E-state index in [2.05, 4.69) is 34.4 Å². The van der Waals surface area contributed by atoms with Gasteiger partial charge in [0.15, 0.2) is 0 Å². The lowest BCUT2D eigenvalue weighted by molar-refractivity contribution is -0.122. The van der Waals surface area contributed by atoms with Crippen LogP contribution in [0.2, 0.25) is 5.15 Å². The van der Waals surface area contributed by atoms with Crippen LogP contribution >= 0.6 is 11.6 Å². The summed E-state index contributed by atoms with van der Waals surface area (Å²) in [6.45, 7) is 6.88. The first-order valence-corrected chi connectivity index (χ1v) is 12.7. The molecule has 1 saturated heterocycles. The molecule has 1 fully saturated rings. The Bertz CT molecular complexity index is 1400. The van der Waals surface area contributed by atoms with Crippen LogP contribution in [0.25, 0.3) is 0 Å². The fourth-order valence-corrected chi connectivity index (χ4v) is 5.10. The number of esters is 1. The number of benzene rings is 2. The molecule has 0 atom stereocenters. The number of halogens is 1. The molecule has 4 rings (SSSR count). The number of hydrogen-bond acceptors (Lipinski definition) is 6. The van der Waals surface area contributed by atoms with Crippen LogP contribution in [0, 0.1) is 6.92 Å². The first-order valence-electron chi connectivity index (χ1n) is 12.3. The third-order valence-corrected chi connectivity index (χ3v) is 7.23. The van der Waals surface area contributed by atoms with Crippen molar-refractivity contribution in [3.05, 3.63) is 87.7 Å². The van der Waals surface area contributed by atoms with Gasteiger partial charge in [0.1, 0.15) is 10.6 Å². The van der Waals surface area contributed by atoms with Gasteiger partial charge in [-0.2, -0.15) is 0 Å². The van der Waals surface area contributed by atoms with Gasteiger partial charge in [-0.05, 0) is 53.8 Å². The maximum atomic E-state index is 14.1. The number of carbonyl (C=O) groups excluding carboxylic acids is 3. The zero-order chi connectivity index (χ0) is 27.6. The third-order valence-electron chi connectivity index (χ3n) is 7.03. The van der Waals surface area contributed by atoms with Crippen LogP contribution in [0.4, 0.5) is 11.4 Å². The van der Waals surface area contributed by atoms with Gasteiger partial charge in [0, 0.05) is 25.8 Å². The number of nitrogens with one attached hydrogen (secondary N) is 2. The van der Waals surface area contributed by atoms with Gasteiger partial charge in [0.05, 0.1) is 30.1 Å². The van der Waals surface area contributed by atoms with Gasteiger partial charge < -0.3 is 20.3 Å². The molecule has 1 aliphatic heterocycles. The number of aryl methyl sites for hydroxylation is 1. The smallest absolute Gasteiger partial charge is 0.338 e. The van der Waals surface area contributed by atoms with Gasteiger partial charge in [-0.15, -0.1) is 0 Å². The molecule has 2 amide bonds. The molecule has 8 nitrogen and oxygen atoms in total. The van der Waals surface area contributed by atoms with Crippen molar-refractivity contribution in [1.82, 2.24) is 10.3 Å². The molecule has 0 saturated carbocycles. The second-order valence-corrected chi connectivity index (χ2v) is 10.1. The van der Waals surface area contributed by atoms with Gasteiger partial charge in [-0.25, -0.2) is 9.78 Å². The number of hydrogen-bond donors (Lipinski definition) is 2. The quantitative estimate of drug-likeness (QED) is 0.336. The number of amides is 2. The Morgan fingerprint density at radius 2 is 1.79 bits per heavy atom. The van der Waals surface area contributed by atoms with Crippen LogP contribution in [0.1, 0.15) is 57.2 Å². The first kappa shape index (κ1) is 27.1. The summed E-state index contributed by atoms with van der Waals surface area (Å²) < 4.78 is 4.87. The Hall–Kier alpha value is -3.91. The molecule has 9 heteroatoms. The number of pyridine rings is 1. The standard InChI is InChI=1S/C29H31ClN4O4/c1-17(2)20-8-6-7-9-23(20)29(28(37)33-24-14-32-25(30)13-22(24)26(35)31-4)15-34(16-29)19-10-11-21(18(3)12-19)27(36)38-5/h6-14,17H,15-16H2,1-5H3,(H,31,35)(H,33,37). The predicted molar refractivity (Wildman–Crippen MR) is 148 cm³/mol. The van der Waals surface area contributed by atoms with E-state index in [9.17, 15) is 14.4 Å². The summed E-state index contributed by atoms with van der Waals surface area (Å²) in [7, 11) is 2.87. The lowest BCUT2D eigenvalue weighted by Crippen LogP contribution is -2.65. The highest BCUT2D eigenvalue weighted by molar-refractivity contribution is 6.30. The van der Waals surface area contributed by atoms with Crippen molar-refractivity contribution in [2.24, 2.45) is 0 Å². The van der Waals surface area contributed by atoms with E-state index in [-0.39, 0.29) is 40.1 Å². The lowest BCUT2D eigenvalue weighted by atomic mass is 9.69. The molecule has 198 valence electrons. The predicted octanol–water partition coefficient (Wildman–Crippen LogP) is 4.71. The summed E-state index contributed by atoms with van der Waals surface area (Å²) in [5.74, 6) is -0.803. The SMILES string of the molecule is CNC(=O)c1cc(Cl)ncc1NC(=O)C1(c2ccccc2C(C)C)CN(c2ccc(C(=O)OC)c(C)c2)C1. The maximum absolute atomic E-state index is 14.1. The van der Waals surface area contributed by atoms with E-state index in [1.54, 1.807) is 6.07 Å². The number of ether oxygens (including phenoxy) is 1. The molecule has 0 spiro atoms. The summed E-state index contributed by atoms with van der Waals surface area (Å²) in [5, 5.41) is 5.70. The van der Waals surface area contributed by atoms with Gasteiger partial charge in [-0.3, -0.25) is 9.59 Å². The molecule has 0 aliphatic carbocycles. The molecule has 2 heterocycles. The van der Waals surface area contributed by atoms with E-state index >= 15 is 0 Å². The maximum Gasteiger partial charge on any atom is 0.338 e.